The van der Waals surface area contributed by atoms with E-state index < -0.39 is 64.7 Å². The summed E-state index contributed by atoms with van der Waals surface area (Å²) in [6.45, 7) is 1.46. The second-order valence-electron chi connectivity index (χ2n) is 9.98. The molecule has 3 aliphatic rings. The fourth-order valence-electron chi connectivity index (χ4n) is 6.27. The van der Waals surface area contributed by atoms with Crippen LogP contribution in [-0.4, -0.2) is 81.2 Å². The van der Waals surface area contributed by atoms with Gasteiger partial charge in [-0.25, -0.2) is 0 Å². The SMILES string of the molecule is CC(=O)NCc1ccc(O)c2c1C[C@@H]1C[C@@H]3[C@@H](N(C)C)C(O)C(C(N)=O)C(=O)[C@]3(O)C(=O)C1C2=O. The minimum atomic E-state index is -2.69. The molecule has 188 valence electrons. The third-order valence-electron chi connectivity index (χ3n) is 7.80. The Balaban J connectivity index is 1.83. The van der Waals surface area contributed by atoms with Crippen LogP contribution in [0.4, 0.5) is 0 Å². The van der Waals surface area contributed by atoms with Crippen LogP contribution in [0.15, 0.2) is 12.1 Å². The lowest BCUT2D eigenvalue weighted by molar-refractivity contribution is -0.190. The second kappa shape index (κ2) is 8.51. The largest absolute Gasteiger partial charge is 0.507 e. The molecule has 1 aromatic rings. The van der Waals surface area contributed by atoms with Crippen LogP contribution in [0.1, 0.15) is 34.8 Å². The van der Waals surface area contributed by atoms with Gasteiger partial charge in [0.2, 0.25) is 11.8 Å². The average Bonchev–Trinajstić information content (AvgIpc) is 2.75. The fourth-order valence-corrected chi connectivity index (χ4v) is 6.27. The van der Waals surface area contributed by atoms with E-state index in [4.69, 9.17) is 5.73 Å². The number of amides is 2. The summed E-state index contributed by atoms with van der Waals surface area (Å²) >= 11 is 0. The van der Waals surface area contributed by atoms with Gasteiger partial charge in [-0.1, -0.05) is 6.07 Å². The van der Waals surface area contributed by atoms with E-state index in [9.17, 15) is 39.3 Å². The summed E-state index contributed by atoms with van der Waals surface area (Å²) in [4.78, 5) is 65.5. The molecule has 0 bridgehead atoms. The Bertz CT molecular complexity index is 1150. The number of nitrogens with two attached hydrogens (primary N) is 1. The monoisotopic (exact) mass is 487 g/mol. The van der Waals surface area contributed by atoms with Crippen molar-refractivity contribution in [2.75, 3.05) is 14.1 Å². The first-order valence-corrected chi connectivity index (χ1v) is 11.4. The molecule has 0 aliphatic heterocycles. The van der Waals surface area contributed by atoms with Gasteiger partial charge in [0.05, 0.1) is 17.6 Å². The predicted octanol–water partition coefficient (Wildman–Crippen LogP) is -1.71. The van der Waals surface area contributed by atoms with Gasteiger partial charge in [-0.3, -0.25) is 24.0 Å². The number of benzene rings is 1. The first kappa shape index (κ1) is 25.0. The highest BCUT2D eigenvalue weighted by Gasteiger charge is 2.69. The van der Waals surface area contributed by atoms with Gasteiger partial charge in [-0.2, -0.15) is 0 Å². The molecule has 0 spiro atoms. The molecular formula is C24H29N3O8. The summed E-state index contributed by atoms with van der Waals surface area (Å²) in [6, 6.07) is 1.93. The quantitative estimate of drug-likeness (QED) is 0.308. The van der Waals surface area contributed by atoms with Gasteiger partial charge in [0.1, 0.15) is 11.7 Å². The number of Topliss-reactive ketones (excluding diaryl/α,β-unsaturated/α-hetero) is 3. The number of aromatic hydroxyl groups is 1. The zero-order valence-electron chi connectivity index (χ0n) is 19.6. The molecule has 2 fully saturated rings. The molecule has 0 saturated heterocycles. The highest BCUT2D eigenvalue weighted by molar-refractivity contribution is 6.25. The van der Waals surface area contributed by atoms with Crippen LogP contribution in [0.25, 0.3) is 0 Å². The highest BCUT2D eigenvalue weighted by Crippen LogP contribution is 2.51. The number of fused-ring (bicyclic) bond motifs is 3. The Kier molecular flexibility index (Phi) is 6.06. The summed E-state index contributed by atoms with van der Waals surface area (Å²) in [5.74, 6) is -9.71. The topological polar surface area (TPSA) is 187 Å². The van der Waals surface area contributed by atoms with E-state index in [-0.39, 0.29) is 36.6 Å². The molecule has 11 heteroatoms. The fraction of sp³-hybridized carbons (Fsp3) is 0.542. The first-order valence-electron chi connectivity index (χ1n) is 11.4. The van der Waals surface area contributed by atoms with Crippen molar-refractivity contribution in [1.29, 1.82) is 0 Å². The summed E-state index contributed by atoms with van der Waals surface area (Å²) in [5, 5.41) is 35.5. The lowest BCUT2D eigenvalue weighted by atomic mass is 9.52. The molecule has 11 nitrogen and oxygen atoms in total. The Morgan fingerprint density at radius 2 is 1.86 bits per heavy atom. The molecule has 0 heterocycles. The van der Waals surface area contributed by atoms with E-state index in [1.807, 2.05) is 0 Å². The number of aliphatic hydroxyl groups is 2. The average molecular weight is 488 g/mol. The smallest absolute Gasteiger partial charge is 0.230 e. The summed E-state index contributed by atoms with van der Waals surface area (Å²) in [6.07, 6.45) is -1.34. The second-order valence-corrected chi connectivity index (χ2v) is 9.98. The summed E-state index contributed by atoms with van der Waals surface area (Å²) in [5.41, 5.74) is 3.68. The molecular weight excluding hydrogens is 458 g/mol. The number of nitrogens with zero attached hydrogens (tertiary/aromatic N) is 1. The maximum absolute atomic E-state index is 13.7. The number of nitrogens with one attached hydrogen (secondary N) is 1. The number of ketones is 3. The third kappa shape index (κ3) is 3.57. The van der Waals surface area contributed by atoms with Crippen molar-refractivity contribution >= 4 is 29.2 Å². The maximum Gasteiger partial charge on any atom is 0.230 e. The van der Waals surface area contributed by atoms with Gasteiger partial charge in [0.25, 0.3) is 0 Å². The van der Waals surface area contributed by atoms with Crippen LogP contribution in [0.2, 0.25) is 0 Å². The van der Waals surface area contributed by atoms with Gasteiger partial charge < -0.3 is 31.3 Å². The minimum absolute atomic E-state index is 0.0322. The number of phenols is 1. The molecule has 4 rings (SSSR count). The van der Waals surface area contributed by atoms with E-state index >= 15 is 0 Å². The molecule has 35 heavy (non-hydrogen) atoms. The maximum atomic E-state index is 13.7. The van der Waals surface area contributed by atoms with Crippen LogP contribution >= 0.6 is 0 Å². The predicted molar refractivity (Wildman–Crippen MR) is 120 cm³/mol. The normalized spacial score (nSPS) is 34.2. The van der Waals surface area contributed by atoms with Crippen molar-refractivity contribution in [3.05, 3.63) is 28.8 Å². The molecule has 2 amide bonds. The van der Waals surface area contributed by atoms with Crippen molar-refractivity contribution in [2.45, 2.75) is 44.1 Å². The molecule has 3 unspecified atom stereocenters. The van der Waals surface area contributed by atoms with Crippen molar-refractivity contribution in [3.63, 3.8) is 0 Å². The van der Waals surface area contributed by atoms with E-state index in [0.29, 0.717) is 11.1 Å². The number of aliphatic hydroxyl groups excluding tert-OH is 1. The van der Waals surface area contributed by atoms with Crippen molar-refractivity contribution < 1.29 is 39.3 Å². The molecule has 7 atom stereocenters. The van der Waals surface area contributed by atoms with Gasteiger partial charge >= 0.3 is 0 Å². The zero-order valence-corrected chi connectivity index (χ0v) is 19.6. The van der Waals surface area contributed by atoms with E-state index in [1.165, 1.54) is 17.9 Å². The molecule has 0 aromatic heterocycles. The lowest BCUT2D eigenvalue weighted by Crippen LogP contribution is -2.75. The van der Waals surface area contributed by atoms with Crippen molar-refractivity contribution in [2.24, 2.45) is 29.4 Å². The Hall–Kier alpha value is -3.15. The molecule has 2 saturated carbocycles. The zero-order chi connectivity index (χ0) is 26.0. The van der Waals surface area contributed by atoms with Gasteiger partial charge in [-0.05, 0) is 50.0 Å². The number of carbonyl (C=O) groups excluding carboxylic acids is 5. The Labute approximate surface area is 201 Å². The summed E-state index contributed by atoms with van der Waals surface area (Å²) < 4.78 is 0. The lowest BCUT2D eigenvalue weighted by Gasteiger charge is -2.54. The minimum Gasteiger partial charge on any atom is -0.507 e. The number of rotatable bonds is 4. The number of hydrogen-bond donors (Lipinski definition) is 5. The van der Waals surface area contributed by atoms with Crippen LogP contribution in [-0.2, 0) is 32.1 Å². The molecule has 0 radical (unpaired) electrons. The summed E-state index contributed by atoms with van der Waals surface area (Å²) in [7, 11) is 3.17. The number of hydrogen-bond acceptors (Lipinski definition) is 9. The van der Waals surface area contributed by atoms with Crippen molar-refractivity contribution in [3.8, 4) is 5.75 Å². The van der Waals surface area contributed by atoms with Crippen LogP contribution < -0.4 is 11.1 Å². The third-order valence-corrected chi connectivity index (χ3v) is 7.80. The van der Waals surface area contributed by atoms with Gasteiger partial charge in [-0.15, -0.1) is 0 Å². The molecule has 6 N–H and O–H groups in total. The van der Waals surface area contributed by atoms with E-state index in [2.05, 4.69) is 5.32 Å². The van der Waals surface area contributed by atoms with Crippen LogP contribution in [0.5, 0.6) is 5.75 Å². The van der Waals surface area contributed by atoms with Gasteiger partial charge in [0.15, 0.2) is 23.0 Å². The standard InChI is InChI=1S/C24H29N3O8/c1-9(28)26-8-10-4-5-14(29)16-12(10)6-11-7-13-18(27(2)3)20(31)17(23(25)34)22(33)24(13,35)21(32)15(11)19(16)30/h4-5,11,13,15,17-18,20,29,31,35H,6-8H2,1-3H3,(H2,25,34)(H,26,28)/t11-,13-,15?,17?,18-,20?,24-/m1/s1. The number of likely N-dealkylation sites (N-methyl/N-ethyl adjacent to an activating group) is 1. The number of primary amides is 1. The number of carbonyl (C=O) groups is 5. The van der Waals surface area contributed by atoms with Gasteiger partial charge in [0, 0.05) is 25.4 Å². The molecule has 3 aliphatic carbocycles. The number of phenolic OH excluding ortho intramolecular Hbond substituents is 1. The highest BCUT2D eigenvalue weighted by atomic mass is 16.3. The Morgan fingerprint density at radius 3 is 2.43 bits per heavy atom. The van der Waals surface area contributed by atoms with Crippen molar-refractivity contribution in [1.82, 2.24) is 10.2 Å². The van der Waals surface area contributed by atoms with E-state index in [0.717, 1.165) is 0 Å². The first-order chi connectivity index (χ1) is 16.3. The Morgan fingerprint density at radius 1 is 1.20 bits per heavy atom. The van der Waals surface area contributed by atoms with Crippen LogP contribution in [0.3, 0.4) is 0 Å². The van der Waals surface area contributed by atoms with Crippen LogP contribution in [0, 0.1) is 23.7 Å². The molecule has 1 aromatic carbocycles. The van der Waals surface area contributed by atoms with E-state index in [1.54, 1.807) is 20.2 Å².